The van der Waals surface area contributed by atoms with Gasteiger partial charge in [0.1, 0.15) is 11.3 Å². The first kappa shape index (κ1) is 19.5. The lowest BCUT2D eigenvalue weighted by atomic mass is 10.1. The van der Waals surface area contributed by atoms with Gasteiger partial charge in [0.2, 0.25) is 0 Å². The molecule has 30 heavy (non-hydrogen) atoms. The Morgan fingerprint density at radius 3 is 2.57 bits per heavy atom. The Morgan fingerprint density at radius 2 is 1.77 bits per heavy atom. The molecule has 0 aliphatic rings. The average Bonchev–Trinajstić information content (AvgIpc) is 2.77. The minimum absolute atomic E-state index is 0.236. The lowest BCUT2D eigenvalue weighted by Gasteiger charge is -2.09. The van der Waals surface area contributed by atoms with Crippen LogP contribution in [0, 0.1) is 0 Å². The summed E-state index contributed by atoms with van der Waals surface area (Å²) in [5.74, 6) is 0.498. The van der Waals surface area contributed by atoms with Crippen molar-refractivity contribution in [1.29, 1.82) is 0 Å². The van der Waals surface area contributed by atoms with Crippen molar-refractivity contribution in [2.24, 2.45) is 0 Å². The Bertz CT molecular complexity index is 1240. The monoisotopic (exact) mass is 399 g/mol. The molecule has 3 aromatic carbocycles. The maximum Gasteiger partial charge on any atom is 0.344 e. The van der Waals surface area contributed by atoms with Crippen LogP contribution in [0.3, 0.4) is 0 Å². The summed E-state index contributed by atoms with van der Waals surface area (Å²) < 4.78 is 11.0. The third-order valence-electron chi connectivity index (χ3n) is 4.66. The minimum atomic E-state index is -0.417. The van der Waals surface area contributed by atoms with Crippen LogP contribution in [0.2, 0.25) is 0 Å². The number of ether oxygens (including phenoxy) is 1. The van der Waals surface area contributed by atoms with Gasteiger partial charge in [-0.2, -0.15) is 0 Å². The summed E-state index contributed by atoms with van der Waals surface area (Å²) in [6.07, 6.45) is 0.925. The molecule has 4 aromatic rings. The van der Waals surface area contributed by atoms with Crippen molar-refractivity contribution in [2.45, 2.75) is 13.3 Å². The highest BCUT2D eigenvalue weighted by atomic mass is 16.5. The lowest BCUT2D eigenvalue weighted by molar-refractivity contribution is 0.102. The molecule has 1 aromatic heterocycles. The number of carbonyl (C=O) groups is 1. The highest BCUT2D eigenvalue weighted by Crippen LogP contribution is 2.24. The number of carbonyl (C=O) groups excluding carboxylic acids is 1. The number of hydrogen-bond donors (Lipinski definition) is 1. The Hall–Kier alpha value is -3.86. The Balaban J connectivity index is 1.56. The predicted molar refractivity (Wildman–Crippen MR) is 118 cm³/mol. The van der Waals surface area contributed by atoms with Gasteiger partial charge in [0.25, 0.3) is 5.91 Å². The summed E-state index contributed by atoms with van der Waals surface area (Å²) in [7, 11) is 0. The zero-order chi connectivity index (χ0) is 20.9. The molecule has 1 heterocycles. The Kier molecular flexibility index (Phi) is 5.61. The van der Waals surface area contributed by atoms with E-state index in [0.717, 1.165) is 17.6 Å². The Morgan fingerprint density at radius 1 is 0.967 bits per heavy atom. The van der Waals surface area contributed by atoms with E-state index in [2.05, 4.69) is 5.32 Å². The number of fused-ring (bicyclic) bond motifs is 1. The molecule has 5 heteroatoms. The summed E-state index contributed by atoms with van der Waals surface area (Å²) in [4.78, 5) is 25.0. The van der Waals surface area contributed by atoms with Crippen LogP contribution in [-0.4, -0.2) is 12.5 Å². The fourth-order valence-electron chi connectivity index (χ4n) is 3.15. The minimum Gasteiger partial charge on any atom is -0.494 e. The quantitative estimate of drug-likeness (QED) is 0.435. The van der Waals surface area contributed by atoms with Crippen LogP contribution in [-0.2, 0) is 0 Å². The number of nitrogens with one attached hydrogen (secondary N) is 1. The van der Waals surface area contributed by atoms with Gasteiger partial charge in [-0.3, -0.25) is 4.79 Å². The molecular formula is C25H21NO4. The second kappa shape index (κ2) is 8.66. The maximum absolute atomic E-state index is 12.6. The van der Waals surface area contributed by atoms with Crippen LogP contribution in [0.25, 0.3) is 22.1 Å². The molecule has 0 aliphatic carbocycles. The van der Waals surface area contributed by atoms with Gasteiger partial charge < -0.3 is 14.5 Å². The zero-order valence-electron chi connectivity index (χ0n) is 16.6. The molecule has 0 aliphatic heterocycles. The fourth-order valence-corrected chi connectivity index (χ4v) is 3.15. The van der Waals surface area contributed by atoms with Crippen molar-refractivity contribution in [3.63, 3.8) is 0 Å². The highest BCUT2D eigenvalue weighted by molar-refractivity contribution is 6.04. The van der Waals surface area contributed by atoms with Gasteiger partial charge in [-0.25, -0.2) is 4.79 Å². The van der Waals surface area contributed by atoms with Crippen molar-refractivity contribution in [3.8, 4) is 16.9 Å². The summed E-state index contributed by atoms with van der Waals surface area (Å²) in [6, 6.07) is 23.3. The van der Waals surface area contributed by atoms with E-state index in [0.29, 0.717) is 34.6 Å². The van der Waals surface area contributed by atoms with Crippen LogP contribution in [0.5, 0.6) is 5.75 Å². The van der Waals surface area contributed by atoms with Crippen LogP contribution >= 0.6 is 0 Å². The first-order valence-corrected chi connectivity index (χ1v) is 9.81. The van der Waals surface area contributed by atoms with Gasteiger partial charge in [-0.05, 0) is 60.5 Å². The van der Waals surface area contributed by atoms with E-state index in [9.17, 15) is 9.59 Å². The van der Waals surface area contributed by atoms with E-state index in [-0.39, 0.29) is 5.91 Å². The van der Waals surface area contributed by atoms with Crippen molar-refractivity contribution in [2.75, 3.05) is 11.9 Å². The molecule has 0 atom stereocenters. The van der Waals surface area contributed by atoms with Crippen molar-refractivity contribution >= 4 is 22.6 Å². The molecule has 150 valence electrons. The summed E-state index contributed by atoms with van der Waals surface area (Å²) >= 11 is 0. The van der Waals surface area contributed by atoms with Gasteiger partial charge in [-0.1, -0.05) is 37.3 Å². The van der Waals surface area contributed by atoms with Gasteiger partial charge in [0.15, 0.2) is 0 Å². The molecule has 1 amide bonds. The van der Waals surface area contributed by atoms with Crippen LogP contribution in [0.1, 0.15) is 23.7 Å². The molecule has 4 rings (SSSR count). The molecule has 0 fully saturated rings. The average molecular weight is 399 g/mol. The molecule has 0 bridgehead atoms. The zero-order valence-corrected chi connectivity index (χ0v) is 16.6. The van der Waals surface area contributed by atoms with E-state index >= 15 is 0 Å². The molecule has 0 radical (unpaired) electrons. The van der Waals surface area contributed by atoms with Gasteiger partial charge >= 0.3 is 5.63 Å². The molecular weight excluding hydrogens is 378 g/mol. The Labute approximate surface area is 173 Å². The van der Waals surface area contributed by atoms with Crippen LogP contribution < -0.4 is 15.7 Å². The van der Waals surface area contributed by atoms with E-state index in [1.165, 1.54) is 0 Å². The first-order chi connectivity index (χ1) is 14.6. The first-order valence-electron chi connectivity index (χ1n) is 9.81. The molecule has 0 unspecified atom stereocenters. The van der Waals surface area contributed by atoms with E-state index in [4.69, 9.17) is 9.15 Å². The van der Waals surface area contributed by atoms with Crippen LogP contribution in [0.4, 0.5) is 5.69 Å². The summed E-state index contributed by atoms with van der Waals surface area (Å²) in [6.45, 7) is 2.68. The largest absolute Gasteiger partial charge is 0.494 e. The molecule has 0 spiro atoms. The second-order valence-corrected chi connectivity index (χ2v) is 6.89. The number of para-hydroxylation sites is 1. The predicted octanol–water partition coefficient (Wildman–Crippen LogP) is 5.50. The smallest absolute Gasteiger partial charge is 0.344 e. The van der Waals surface area contributed by atoms with Gasteiger partial charge in [0.05, 0.1) is 12.2 Å². The molecule has 0 saturated carbocycles. The van der Waals surface area contributed by atoms with Gasteiger partial charge in [-0.15, -0.1) is 0 Å². The van der Waals surface area contributed by atoms with Crippen LogP contribution in [0.15, 0.2) is 88.1 Å². The summed E-state index contributed by atoms with van der Waals surface area (Å²) in [5.41, 5.74) is 2.37. The van der Waals surface area contributed by atoms with E-state index in [1.807, 2.05) is 31.2 Å². The van der Waals surface area contributed by atoms with Crippen molar-refractivity contribution in [3.05, 3.63) is 94.8 Å². The maximum atomic E-state index is 12.6. The molecule has 0 saturated heterocycles. The fraction of sp³-hybridized carbons (Fsp3) is 0.120. The summed E-state index contributed by atoms with van der Waals surface area (Å²) in [5, 5.41) is 3.71. The SMILES string of the molecule is CCCOc1ccc(C(=O)Nc2cccc(-c3cc4ccccc4oc3=O)c2)cc1. The van der Waals surface area contributed by atoms with E-state index < -0.39 is 5.63 Å². The number of hydrogen-bond acceptors (Lipinski definition) is 4. The number of benzene rings is 3. The van der Waals surface area contributed by atoms with Gasteiger partial charge in [0, 0.05) is 16.6 Å². The third-order valence-corrected chi connectivity index (χ3v) is 4.66. The van der Waals surface area contributed by atoms with Crippen molar-refractivity contribution < 1.29 is 13.9 Å². The topological polar surface area (TPSA) is 68.5 Å². The third kappa shape index (κ3) is 4.25. The van der Waals surface area contributed by atoms with Crippen molar-refractivity contribution in [1.82, 2.24) is 0 Å². The number of anilines is 1. The standard InChI is InChI=1S/C25H21NO4/c1-2-14-29-21-12-10-17(11-13-21)24(27)26-20-8-5-7-18(15-20)22-16-19-6-3-4-9-23(19)30-25(22)28/h3-13,15-16H,2,14H2,1H3,(H,26,27). The lowest BCUT2D eigenvalue weighted by Crippen LogP contribution is -2.12. The molecule has 5 nitrogen and oxygen atoms in total. The molecule has 1 N–H and O–H groups in total. The van der Waals surface area contributed by atoms with E-state index in [1.54, 1.807) is 54.6 Å². The highest BCUT2D eigenvalue weighted by Gasteiger charge is 2.10. The number of amides is 1. The normalized spacial score (nSPS) is 10.7. The second-order valence-electron chi connectivity index (χ2n) is 6.89. The number of rotatable bonds is 6.